The minimum atomic E-state index is -0.280. The second-order valence-corrected chi connectivity index (χ2v) is 4.61. The summed E-state index contributed by atoms with van der Waals surface area (Å²) in [6.45, 7) is 1.27. The molecule has 0 radical (unpaired) electrons. The lowest BCUT2D eigenvalue weighted by Crippen LogP contribution is -2.44. The molecule has 2 amide bonds. The first-order valence-corrected chi connectivity index (χ1v) is 5.96. The van der Waals surface area contributed by atoms with E-state index in [0.717, 1.165) is 44.2 Å². The van der Waals surface area contributed by atoms with Crippen LogP contribution in [0.5, 0.6) is 0 Å². The minimum absolute atomic E-state index is 0.114. The fourth-order valence-corrected chi connectivity index (χ4v) is 2.46. The van der Waals surface area contributed by atoms with Crippen molar-refractivity contribution < 1.29 is 9.59 Å². The quantitative estimate of drug-likeness (QED) is 0.751. The fraction of sp³-hybridized carbons (Fsp3) is 0.667. The van der Waals surface area contributed by atoms with E-state index < -0.39 is 0 Å². The number of carbonyl (C=O) groups excluding carboxylic acids is 2. The Hall–Kier alpha value is -1.32. The van der Waals surface area contributed by atoms with Gasteiger partial charge in [0.2, 0.25) is 11.8 Å². The number of allylic oxidation sites excluding steroid dienone is 1. The Morgan fingerprint density at radius 1 is 1.38 bits per heavy atom. The van der Waals surface area contributed by atoms with Crippen LogP contribution in [-0.2, 0) is 9.59 Å². The highest BCUT2D eigenvalue weighted by Crippen LogP contribution is 2.23. The molecule has 1 aliphatic carbocycles. The number of piperidine rings is 1. The third kappa shape index (κ3) is 2.26. The molecule has 1 unspecified atom stereocenters. The molecule has 0 aromatic heterocycles. The van der Waals surface area contributed by atoms with Crippen LogP contribution in [0.25, 0.3) is 0 Å². The van der Waals surface area contributed by atoms with Crippen molar-refractivity contribution in [2.24, 2.45) is 11.7 Å². The number of nitrogens with two attached hydrogens (primary N) is 1. The molecule has 0 saturated carbocycles. The molecule has 1 heterocycles. The molecule has 0 aromatic rings. The molecule has 0 bridgehead atoms. The van der Waals surface area contributed by atoms with E-state index in [-0.39, 0.29) is 17.7 Å². The van der Waals surface area contributed by atoms with Crippen LogP contribution in [-0.4, -0.2) is 29.8 Å². The molecule has 2 N–H and O–H groups in total. The van der Waals surface area contributed by atoms with E-state index in [0.29, 0.717) is 6.54 Å². The first-order chi connectivity index (χ1) is 7.68. The monoisotopic (exact) mass is 222 g/mol. The smallest absolute Gasteiger partial charge is 0.249 e. The number of rotatable bonds is 2. The van der Waals surface area contributed by atoms with Gasteiger partial charge in [0.15, 0.2) is 0 Å². The van der Waals surface area contributed by atoms with Crippen molar-refractivity contribution >= 4 is 11.8 Å². The lowest BCUT2D eigenvalue weighted by Gasteiger charge is -2.31. The Balaban J connectivity index is 1.98. The van der Waals surface area contributed by atoms with Gasteiger partial charge in [0.1, 0.15) is 0 Å². The summed E-state index contributed by atoms with van der Waals surface area (Å²) in [7, 11) is 0. The summed E-state index contributed by atoms with van der Waals surface area (Å²) in [5, 5.41) is 0. The van der Waals surface area contributed by atoms with Crippen molar-refractivity contribution in [2.45, 2.75) is 32.1 Å². The number of hydrogen-bond acceptors (Lipinski definition) is 2. The largest absolute Gasteiger partial charge is 0.369 e. The summed E-state index contributed by atoms with van der Waals surface area (Å²) in [4.78, 5) is 25.0. The Bertz CT molecular complexity index is 336. The second-order valence-electron chi connectivity index (χ2n) is 4.61. The Morgan fingerprint density at radius 3 is 2.81 bits per heavy atom. The van der Waals surface area contributed by atoms with Crippen LogP contribution in [0.4, 0.5) is 0 Å². The van der Waals surface area contributed by atoms with Crippen molar-refractivity contribution in [3.05, 3.63) is 11.6 Å². The van der Waals surface area contributed by atoms with Gasteiger partial charge in [-0.2, -0.15) is 0 Å². The van der Waals surface area contributed by atoms with E-state index in [2.05, 4.69) is 0 Å². The summed E-state index contributed by atoms with van der Waals surface area (Å²) >= 11 is 0. The van der Waals surface area contributed by atoms with Gasteiger partial charge in [-0.05, 0) is 32.1 Å². The predicted molar refractivity (Wildman–Crippen MR) is 60.4 cm³/mol. The van der Waals surface area contributed by atoms with Gasteiger partial charge < -0.3 is 10.6 Å². The maximum Gasteiger partial charge on any atom is 0.249 e. The zero-order valence-corrected chi connectivity index (χ0v) is 9.45. The number of hydrogen-bond donors (Lipinski definition) is 1. The molecular weight excluding hydrogens is 204 g/mol. The maximum atomic E-state index is 12.1. The molecule has 1 saturated heterocycles. The molecule has 2 aliphatic rings. The molecule has 0 spiro atoms. The Labute approximate surface area is 95.5 Å². The van der Waals surface area contributed by atoms with Crippen molar-refractivity contribution in [3.8, 4) is 0 Å². The first-order valence-electron chi connectivity index (χ1n) is 5.96. The molecule has 4 heteroatoms. The second kappa shape index (κ2) is 4.68. The summed E-state index contributed by atoms with van der Waals surface area (Å²) in [5.41, 5.74) is 6.21. The fourth-order valence-electron chi connectivity index (χ4n) is 2.46. The number of primary amides is 1. The molecule has 1 atom stereocenters. The topological polar surface area (TPSA) is 63.4 Å². The van der Waals surface area contributed by atoms with Crippen LogP contribution in [0.1, 0.15) is 32.1 Å². The average Bonchev–Trinajstić information content (AvgIpc) is 2.81. The Kier molecular flexibility index (Phi) is 3.27. The third-order valence-corrected chi connectivity index (χ3v) is 3.43. The average molecular weight is 222 g/mol. The van der Waals surface area contributed by atoms with Crippen molar-refractivity contribution in [2.75, 3.05) is 13.1 Å². The Morgan fingerprint density at radius 2 is 2.19 bits per heavy atom. The van der Waals surface area contributed by atoms with E-state index in [9.17, 15) is 9.59 Å². The third-order valence-electron chi connectivity index (χ3n) is 3.43. The number of nitrogens with zero attached hydrogens (tertiary/aromatic N) is 1. The summed E-state index contributed by atoms with van der Waals surface area (Å²) in [5.74, 6) is -0.318. The van der Waals surface area contributed by atoms with Gasteiger partial charge in [0, 0.05) is 18.7 Å². The number of carbonyl (C=O) groups is 2. The van der Waals surface area contributed by atoms with E-state index in [1.165, 1.54) is 0 Å². The molecule has 1 aliphatic heterocycles. The molecule has 16 heavy (non-hydrogen) atoms. The lowest BCUT2D eigenvalue weighted by atomic mass is 9.97. The van der Waals surface area contributed by atoms with Crippen LogP contribution < -0.4 is 5.73 Å². The van der Waals surface area contributed by atoms with E-state index in [1.54, 1.807) is 4.90 Å². The standard InChI is InChI=1S/C12H18N2O2/c13-11(15)10-6-3-7-14(8-10)12(16)9-4-1-2-5-9/h4,10H,1-3,5-8H2,(H2,13,15). The minimum Gasteiger partial charge on any atom is -0.369 e. The van der Waals surface area contributed by atoms with Gasteiger partial charge in [0.05, 0.1) is 5.92 Å². The van der Waals surface area contributed by atoms with Crippen LogP contribution in [0.15, 0.2) is 11.6 Å². The van der Waals surface area contributed by atoms with Gasteiger partial charge in [-0.3, -0.25) is 9.59 Å². The first kappa shape index (κ1) is 11.2. The number of amides is 2. The maximum absolute atomic E-state index is 12.1. The molecule has 2 rings (SSSR count). The zero-order chi connectivity index (χ0) is 11.5. The zero-order valence-electron chi connectivity index (χ0n) is 9.45. The highest BCUT2D eigenvalue weighted by atomic mass is 16.2. The van der Waals surface area contributed by atoms with Crippen molar-refractivity contribution in [1.29, 1.82) is 0 Å². The van der Waals surface area contributed by atoms with Gasteiger partial charge in [-0.25, -0.2) is 0 Å². The van der Waals surface area contributed by atoms with E-state index in [4.69, 9.17) is 5.73 Å². The number of likely N-dealkylation sites (tertiary alicyclic amines) is 1. The van der Waals surface area contributed by atoms with E-state index in [1.807, 2.05) is 6.08 Å². The summed E-state index contributed by atoms with van der Waals surface area (Å²) in [6.07, 6.45) is 6.69. The van der Waals surface area contributed by atoms with E-state index >= 15 is 0 Å². The lowest BCUT2D eigenvalue weighted by molar-refractivity contribution is -0.131. The normalized spacial score (nSPS) is 25.4. The molecule has 88 valence electrons. The van der Waals surface area contributed by atoms with Crippen LogP contribution in [0.2, 0.25) is 0 Å². The van der Waals surface area contributed by atoms with Crippen LogP contribution >= 0.6 is 0 Å². The molecule has 4 nitrogen and oxygen atoms in total. The molecule has 0 aromatic carbocycles. The van der Waals surface area contributed by atoms with Crippen molar-refractivity contribution in [1.82, 2.24) is 4.90 Å². The predicted octanol–water partition coefficient (Wildman–Crippen LogP) is 0.821. The highest BCUT2D eigenvalue weighted by molar-refractivity contribution is 5.94. The SMILES string of the molecule is NC(=O)C1CCCN(C(=O)C2=CCCC2)C1. The van der Waals surface area contributed by atoms with Crippen molar-refractivity contribution in [3.63, 3.8) is 0 Å². The highest BCUT2D eigenvalue weighted by Gasteiger charge is 2.28. The van der Waals surface area contributed by atoms with Gasteiger partial charge in [0.25, 0.3) is 0 Å². The summed E-state index contributed by atoms with van der Waals surface area (Å²) in [6, 6.07) is 0. The van der Waals surface area contributed by atoms with Gasteiger partial charge in [-0.15, -0.1) is 0 Å². The van der Waals surface area contributed by atoms with Gasteiger partial charge >= 0.3 is 0 Å². The van der Waals surface area contributed by atoms with Crippen LogP contribution in [0.3, 0.4) is 0 Å². The van der Waals surface area contributed by atoms with Gasteiger partial charge in [-0.1, -0.05) is 6.08 Å². The molecule has 1 fully saturated rings. The van der Waals surface area contributed by atoms with Crippen LogP contribution in [0, 0.1) is 5.92 Å². The molecular formula is C12H18N2O2. The summed E-state index contributed by atoms with van der Waals surface area (Å²) < 4.78 is 0.